The van der Waals surface area contributed by atoms with Crippen LogP contribution in [0.2, 0.25) is 0 Å². The van der Waals surface area contributed by atoms with Crippen LogP contribution in [0, 0.1) is 11.7 Å². The van der Waals surface area contributed by atoms with Crippen LogP contribution in [-0.2, 0) is 12.8 Å². The predicted molar refractivity (Wildman–Crippen MR) is 90.2 cm³/mol. The quantitative estimate of drug-likeness (QED) is 0.831. The summed E-state index contributed by atoms with van der Waals surface area (Å²) in [6, 6.07) is 6.67. The Kier molecular flexibility index (Phi) is 5.06. The van der Waals surface area contributed by atoms with Crippen molar-refractivity contribution in [2.45, 2.75) is 32.6 Å². The van der Waals surface area contributed by atoms with Crippen LogP contribution in [0.25, 0.3) is 0 Å². The fraction of sp³-hybridized carbons (Fsp3) is 0.444. The minimum absolute atomic E-state index is 0.103. The molecular formula is C18H21FN2OS. The third-order valence-electron chi connectivity index (χ3n) is 4.24. The van der Waals surface area contributed by atoms with Gasteiger partial charge in [0.15, 0.2) is 0 Å². The monoisotopic (exact) mass is 332 g/mol. The van der Waals surface area contributed by atoms with E-state index in [2.05, 4.69) is 11.9 Å². The number of benzene rings is 1. The standard InChI is InChI=1S/C18H21FN2OS/c1-2-3-17-20-11-16(23-17)18(22)21-9-8-14(12-21)10-13-4-6-15(19)7-5-13/h4-7,11,14H,2-3,8-10,12H2,1H3/t14-/m1/s1. The van der Waals surface area contributed by atoms with Crippen molar-refractivity contribution in [2.24, 2.45) is 5.92 Å². The average Bonchev–Trinajstić information content (AvgIpc) is 3.19. The third kappa shape index (κ3) is 3.96. The first-order valence-corrected chi connectivity index (χ1v) is 8.95. The maximum Gasteiger partial charge on any atom is 0.265 e. The smallest absolute Gasteiger partial charge is 0.265 e. The lowest BCUT2D eigenvalue weighted by molar-refractivity contribution is 0.0791. The summed E-state index contributed by atoms with van der Waals surface area (Å²) in [6.45, 7) is 3.69. The zero-order valence-electron chi connectivity index (χ0n) is 13.3. The molecule has 1 saturated heterocycles. The van der Waals surface area contributed by atoms with Gasteiger partial charge in [-0.25, -0.2) is 9.37 Å². The molecule has 1 atom stereocenters. The zero-order valence-corrected chi connectivity index (χ0v) is 14.1. The highest BCUT2D eigenvalue weighted by molar-refractivity contribution is 7.13. The topological polar surface area (TPSA) is 33.2 Å². The zero-order chi connectivity index (χ0) is 16.2. The van der Waals surface area contributed by atoms with Crippen molar-refractivity contribution in [3.8, 4) is 0 Å². The van der Waals surface area contributed by atoms with E-state index in [4.69, 9.17) is 0 Å². The number of hydrogen-bond acceptors (Lipinski definition) is 3. The molecule has 1 amide bonds. The van der Waals surface area contributed by atoms with Gasteiger partial charge in [-0.3, -0.25) is 4.79 Å². The Morgan fingerprint density at radius 1 is 1.39 bits per heavy atom. The third-order valence-corrected chi connectivity index (χ3v) is 5.28. The van der Waals surface area contributed by atoms with Crippen LogP contribution in [0.4, 0.5) is 4.39 Å². The Morgan fingerprint density at radius 2 is 2.17 bits per heavy atom. The lowest BCUT2D eigenvalue weighted by Gasteiger charge is -2.15. The van der Waals surface area contributed by atoms with Crippen molar-refractivity contribution >= 4 is 17.2 Å². The van der Waals surface area contributed by atoms with Crippen LogP contribution in [0.15, 0.2) is 30.5 Å². The molecule has 0 N–H and O–H groups in total. The highest BCUT2D eigenvalue weighted by Gasteiger charge is 2.28. The Hall–Kier alpha value is -1.75. The van der Waals surface area contributed by atoms with Gasteiger partial charge >= 0.3 is 0 Å². The van der Waals surface area contributed by atoms with Gasteiger partial charge in [-0.15, -0.1) is 11.3 Å². The first kappa shape index (κ1) is 16.1. The average molecular weight is 332 g/mol. The number of halogens is 1. The second-order valence-corrected chi connectivity index (χ2v) is 7.22. The van der Waals surface area contributed by atoms with Crippen LogP contribution >= 0.6 is 11.3 Å². The maximum atomic E-state index is 13.0. The lowest BCUT2D eigenvalue weighted by atomic mass is 9.99. The van der Waals surface area contributed by atoms with Crippen molar-refractivity contribution in [3.05, 3.63) is 51.7 Å². The molecule has 0 bridgehead atoms. The summed E-state index contributed by atoms with van der Waals surface area (Å²) in [7, 11) is 0. The fourth-order valence-corrected chi connectivity index (χ4v) is 4.02. The van der Waals surface area contributed by atoms with E-state index in [0.717, 1.165) is 54.2 Å². The Balaban J connectivity index is 1.58. The molecule has 1 fully saturated rings. The number of likely N-dealkylation sites (tertiary alicyclic amines) is 1. The van der Waals surface area contributed by atoms with E-state index in [-0.39, 0.29) is 11.7 Å². The highest BCUT2D eigenvalue weighted by atomic mass is 32.1. The van der Waals surface area contributed by atoms with E-state index in [1.807, 2.05) is 17.0 Å². The molecule has 2 heterocycles. The molecule has 1 aliphatic heterocycles. The van der Waals surface area contributed by atoms with Crippen LogP contribution in [0.5, 0.6) is 0 Å². The summed E-state index contributed by atoms with van der Waals surface area (Å²) < 4.78 is 13.0. The van der Waals surface area contributed by atoms with E-state index in [1.54, 1.807) is 6.20 Å². The summed E-state index contributed by atoms with van der Waals surface area (Å²) in [5.41, 5.74) is 1.13. The van der Waals surface area contributed by atoms with Crippen molar-refractivity contribution in [1.82, 2.24) is 9.88 Å². The first-order chi connectivity index (χ1) is 11.2. The molecular weight excluding hydrogens is 311 g/mol. The van der Waals surface area contributed by atoms with E-state index in [0.29, 0.717) is 5.92 Å². The Bertz CT molecular complexity index is 668. The summed E-state index contributed by atoms with van der Waals surface area (Å²) in [5, 5.41) is 1.04. The summed E-state index contributed by atoms with van der Waals surface area (Å²) in [4.78, 5) is 19.6. The summed E-state index contributed by atoms with van der Waals surface area (Å²) in [5.74, 6) is 0.351. The van der Waals surface area contributed by atoms with Crippen LogP contribution < -0.4 is 0 Å². The predicted octanol–water partition coefficient (Wildman–Crippen LogP) is 3.94. The maximum absolute atomic E-state index is 13.0. The van der Waals surface area contributed by atoms with E-state index < -0.39 is 0 Å². The Labute approximate surface area is 140 Å². The van der Waals surface area contributed by atoms with Crippen molar-refractivity contribution in [1.29, 1.82) is 0 Å². The van der Waals surface area contributed by atoms with E-state index in [1.165, 1.54) is 23.5 Å². The van der Waals surface area contributed by atoms with Gasteiger partial charge in [0.25, 0.3) is 5.91 Å². The van der Waals surface area contributed by atoms with Gasteiger partial charge in [-0.1, -0.05) is 19.1 Å². The second-order valence-electron chi connectivity index (χ2n) is 6.10. The number of nitrogens with zero attached hydrogens (tertiary/aromatic N) is 2. The normalized spacial score (nSPS) is 17.7. The molecule has 0 aliphatic carbocycles. The fourth-order valence-electron chi connectivity index (χ4n) is 3.03. The molecule has 3 rings (SSSR count). The second kappa shape index (κ2) is 7.21. The molecule has 0 radical (unpaired) electrons. The number of hydrogen-bond donors (Lipinski definition) is 0. The minimum atomic E-state index is -0.204. The van der Waals surface area contributed by atoms with Gasteiger partial charge in [0.05, 0.1) is 11.2 Å². The number of thiazole rings is 1. The molecule has 1 aromatic carbocycles. The van der Waals surface area contributed by atoms with E-state index >= 15 is 0 Å². The van der Waals surface area contributed by atoms with Gasteiger partial charge < -0.3 is 4.90 Å². The van der Waals surface area contributed by atoms with E-state index in [9.17, 15) is 9.18 Å². The van der Waals surface area contributed by atoms with Crippen LogP contribution in [0.3, 0.4) is 0 Å². The van der Waals surface area contributed by atoms with Crippen LogP contribution in [-0.4, -0.2) is 28.9 Å². The lowest BCUT2D eigenvalue weighted by Crippen LogP contribution is -2.28. The number of amides is 1. The van der Waals surface area contributed by atoms with Crippen molar-refractivity contribution < 1.29 is 9.18 Å². The molecule has 5 heteroatoms. The van der Waals surface area contributed by atoms with Crippen molar-refractivity contribution in [2.75, 3.05) is 13.1 Å². The number of carbonyl (C=O) groups excluding carboxylic acids is 1. The van der Waals surface area contributed by atoms with Crippen molar-refractivity contribution in [3.63, 3.8) is 0 Å². The molecule has 1 aromatic heterocycles. The number of aromatic nitrogens is 1. The number of rotatable bonds is 5. The molecule has 0 unspecified atom stereocenters. The number of carbonyl (C=O) groups is 1. The van der Waals surface area contributed by atoms with Gasteiger partial charge in [-0.2, -0.15) is 0 Å². The molecule has 2 aromatic rings. The van der Waals surface area contributed by atoms with Gasteiger partial charge in [0.2, 0.25) is 0 Å². The van der Waals surface area contributed by atoms with Gasteiger partial charge in [0, 0.05) is 13.1 Å². The SMILES string of the molecule is CCCc1ncc(C(=O)N2CC[C@H](Cc3ccc(F)cc3)C2)s1. The minimum Gasteiger partial charge on any atom is -0.338 e. The molecule has 0 saturated carbocycles. The summed E-state index contributed by atoms with van der Waals surface area (Å²) in [6.07, 6.45) is 5.60. The van der Waals surface area contributed by atoms with Gasteiger partial charge in [0.1, 0.15) is 10.7 Å². The molecule has 1 aliphatic rings. The summed E-state index contributed by atoms with van der Waals surface area (Å²) >= 11 is 1.52. The van der Waals surface area contributed by atoms with Gasteiger partial charge in [-0.05, 0) is 49.3 Å². The highest BCUT2D eigenvalue weighted by Crippen LogP contribution is 2.24. The molecule has 0 spiro atoms. The van der Waals surface area contributed by atoms with Crippen LogP contribution in [0.1, 0.15) is 40.0 Å². The largest absolute Gasteiger partial charge is 0.338 e. The number of aryl methyl sites for hydroxylation is 1. The molecule has 122 valence electrons. The Morgan fingerprint density at radius 3 is 2.91 bits per heavy atom. The molecule has 3 nitrogen and oxygen atoms in total. The molecule has 23 heavy (non-hydrogen) atoms. The first-order valence-electron chi connectivity index (χ1n) is 8.14.